The molecular weight excluding hydrogens is 250 g/mol. The monoisotopic (exact) mass is 275 g/mol. The fraction of sp³-hybridized carbons (Fsp3) is 0.688. The number of hydrogen-bond acceptors (Lipinski definition) is 4. The van der Waals surface area contributed by atoms with E-state index in [4.69, 9.17) is 10.00 Å². The van der Waals surface area contributed by atoms with Gasteiger partial charge in [0.2, 0.25) is 11.7 Å². The van der Waals surface area contributed by atoms with Crippen molar-refractivity contribution < 1.29 is 4.74 Å². The van der Waals surface area contributed by atoms with Crippen LogP contribution in [-0.4, -0.2) is 17.1 Å². The minimum atomic E-state index is 0.170. The van der Waals surface area contributed by atoms with E-state index in [0.717, 1.165) is 18.4 Å². The Labute approximate surface area is 122 Å². The zero-order chi connectivity index (χ0) is 14.8. The largest absolute Gasteiger partial charge is 0.481 e. The highest BCUT2D eigenvalue weighted by Gasteiger charge is 2.16. The molecule has 0 amide bonds. The summed E-state index contributed by atoms with van der Waals surface area (Å²) in [6.07, 6.45) is 10.3. The second-order valence-electron chi connectivity index (χ2n) is 5.08. The van der Waals surface area contributed by atoms with Crippen LogP contribution in [0.3, 0.4) is 0 Å². The number of ether oxygens (including phenoxy) is 1. The van der Waals surface area contributed by atoms with Gasteiger partial charge in [0.15, 0.2) is 0 Å². The number of nitriles is 1. The van der Waals surface area contributed by atoms with Gasteiger partial charge in [0.1, 0.15) is 6.07 Å². The minimum absolute atomic E-state index is 0.170. The van der Waals surface area contributed by atoms with Crippen LogP contribution in [0, 0.1) is 11.3 Å². The Hall–Kier alpha value is -1.63. The van der Waals surface area contributed by atoms with Gasteiger partial charge >= 0.3 is 0 Å². The van der Waals surface area contributed by atoms with E-state index in [1.165, 1.54) is 32.1 Å². The third-order valence-electron chi connectivity index (χ3n) is 3.66. The normalized spacial score (nSPS) is 11.9. The maximum atomic E-state index is 8.84. The molecule has 0 saturated heterocycles. The van der Waals surface area contributed by atoms with Crippen molar-refractivity contribution in [2.75, 3.05) is 7.11 Å². The predicted molar refractivity (Wildman–Crippen MR) is 79.7 cm³/mol. The van der Waals surface area contributed by atoms with Gasteiger partial charge in [-0.3, -0.25) is 0 Å². The highest BCUT2D eigenvalue weighted by atomic mass is 16.5. The second kappa shape index (κ2) is 9.30. The molecule has 1 atom stereocenters. The Morgan fingerprint density at radius 2 is 2.00 bits per heavy atom. The summed E-state index contributed by atoms with van der Waals surface area (Å²) in [6.45, 7) is 4.40. The van der Waals surface area contributed by atoms with Crippen LogP contribution in [-0.2, 0) is 0 Å². The van der Waals surface area contributed by atoms with Crippen LogP contribution in [0.2, 0.25) is 0 Å². The van der Waals surface area contributed by atoms with Crippen LogP contribution in [0.15, 0.2) is 6.20 Å². The molecule has 20 heavy (non-hydrogen) atoms. The summed E-state index contributed by atoms with van der Waals surface area (Å²) in [7, 11) is 1.60. The van der Waals surface area contributed by atoms with Crippen LogP contribution in [0.5, 0.6) is 5.88 Å². The zero-order valence-electron chi connectivity index (χ0n) is 12.9. The standard InChI is InChI=1S/C16H25N3O/c1-4-6-7-8-9-10-13(5-2)14-12-18-15(11-17)19-16(14)20-3/h12-13H,4-10H2,1-3H3. The molecule has 4 heteroatoms. The molecule has 0 aliphatic heterocycles. The first-order valence-electron chi connectivity index (χ1n) is 7.57. The molecule has 0 fully saturated rings. The molecule has 1 heterocycles. The van der Waals surface area contributed by atoms with Crippen molar-refractivity contribution in [2.45, 2.75) is 64.7 Å². The number of hydrogen-bond donors (Lipinski definition) is 0. The van der Waals surface area contributed by atoms with Gasteiger partial charge in [-0.2, -0.15) is 10.2 Å². The fourth-order valence-corrected chi connectivity index (χ4v) is 2.45. The summed E-state index contributed by atoms with van der Waals surface area (Å²) in [5.74, 6) is 1.14. The first-order valence-corrected chi connectivity index (χ1v) is 7.57. The van der Waals surface area contributed by atoms with Crippen molar-refractivity contribution in [3.05, 3.63) is 17.6 Å². The third-order valence-corrected chi connectivity index (χ3v) is 3.66. The molecule has 1 unspecified atom stereocenters. The molecule has 0 radical (unpaired) electrons. The van der Waals surface area contributed by atoms with Gasteiger partial charge in [0.25, 0.3) is 0 Å². The molecule has 0 aromatic carbocycles. The first-order chi connectivity index (χ1) is 9.76. The maximum Gasteiger partial charge on any atom is 0.235 e. The molecule has 0 saturated carbocycles. The van der Waals surface area contributed by atoms with Crippen molar-refractivity contribution >= 4 is 0 Å². The van der Waals surface area contributed by atoms with Gasteiger partial charge in [-0.25, -0.2) is 4.98 Å². The fourth-order valence-electron chi connectivity index (χ4n) is 2.45. The lowest BCUT2D eigenvalue weighted by Crippen LogP contribution is -2.05. The van der Waals surface area contributed by atoms with Crippen molar-refractivity contribution in [2.24, 2.45) is 0 Å². The first kappa shape index (κ1) is 16.4. The lowest BCUT2D eigenvalue weighted by atomic mass is 9.92. The molecule has 0 N–H and O–H groups in total. The molecule has 0 aliphatic carbocycles. The smallest absolute Gasteiger partial charge is 0.235 e. The van der Waals surface area contributed by atoms with Crippen molar-refractivity contribution in [3.8, 4) is 11.9 Å². The minimum Gasteiger partial charge on any atom is -0.481 e. The van der Waals surface area contributed by atoms with Crippen LogP contribution < -0.4 is 4.74 Å². The van der Waals surface area contributed by atoms with Crippen LogP contribution in [0.1, 0.15) is 76.1 Å². The van der Waals surface area contributed by atoms with Crippen LogP contribution in [0.4, 0.5) is 0 Å². The van der Waals surface area contributed by atoms with Crippen molar-refractivity contribution in [1.29, 1.82) is 5.26 Å². The lowest BCUT2D eigenvalue weighted by molar-refractivity contribution is 0.382. The van der Waals surface area contributed by atoms with Gasteiger partial charge in [-0.1, -0.05) is 46.0 Å². The number of rotatable bonds is 9. The van der Waals surface area contributed by atoms with Crippen LogP contribution in [0.25, 0.3) is 0 Å². The molecule has 110 valence electrons. The van der Waals surface area contributed by atoms with Gasteiger partial charge in [-0.15, -0.1) is 0 Å². The number of unbranched alkanes of at least 4 members (excludes halogenated alkanes) is 4. The molecule has 4 nitrogen and oxygen atoms in total. The Kier molecular flexibility index (Phi) is 7.64. The highest BCUT2D eigenvalue weighted by Crippen LogP contribution is 2.31. The van der Waals surface area contributed by atoms with Crippen LogP contribution >= 0.6 is 0 Å². The molecular formula is C16H25N3O. The van der Waals surface area contributed by atoms with E-state index >= 15 is 0 Å². The summed E-state index contributed by atoms with van der Waals surface area (Å²) in [5.41, 5.74) is 1.03. The van der Waals surface area contributed by atoms with Crippen molar-refractivity contribution in [1.82, 2.24) is 9.97 Å². The van der Waals surface area contributed by atoms with E-state index in [2.05, 4.69) is 23.8 Å². The number of methoxy groups -OCH3 is 1. The molecule has 1 rings (SSSR count). The summed E-state index contributed by atoms with van der Waals surface area (Å²) in [5, 5.41) is 8.84. The van der Waals surface area contributed by atoms with Gasteiger partial charge in [0, 0.05) is 11.8 Å². The van der Waals surface area contributed by atoms with E-state index in [1.54, 1.807) is 13.3 Å². The van der Waals surface area contributed by atoms with Gasteiger partial charge < -0.3 is 4.74 Å². The average molecular weight is 275 g/mol. The Balaban J connectivity index is 2.67. The van der Waals surface area contributed by atoms with Gasteiger partial charge in [-0.05, 0) is 18.8 Å². The quantitative estimate of drug-likeness (QED) is 0.633. The third kappa shape index (κ3) is 4.80. The Bertz CT molecular complexity index is 440. The predicted octanol–water partition coefficient (Wildman–Crippen LogP) is 4.21. The summed E-state index contributed by atoms with van der Waals surface area (Å²) >= 11 is 0. The molecule has 1 aromatic rings. The molecule has 0 bridgehead atoms. The average Bonchev–Trinajstić information content (AvgIpc) is 2.50. The van der Waals surface area contributed by atoms with E-state index in [0.29, 0.717) is 11.8 Å². The Morgan fingerprint density at radius 3 is 2.60 bits per heavy atom. The van der Waals surface area contributed by atoms with Gasteiger partial charge in [0.05, 0.1) is 7.11 Å². The topological polar surface area (TPSA) is 58.8 Å². The molecule has 0 spiro atoms. The Morgan fingerprint density at radius 1 is 1.25 bits per heavy atom. The van der Waals surface area contributed by atoms with E-state index in [-0.39, 0.29) is 5.82 Å². The maximum absolute atomic E-state index is 8.84. The lowest BCUT2D eigenvalue weighted by Gasteiger charge is -2.17. The second-order valence-corrected chi connectivity index (χ2v) is 5.08. The summed E-state index contributed by atoms with van der Waals surface area (Å²) < 4.78 is 5.31. The van der Waals surface area contributed by atoms with E-state index in [1.807, 2.05) is 6.07 Å². The SMILES string of the molecule is CCCCCCCC(CC)c1cnc(C#N)nc1OC. The zero-order valence-corrected chi connectivity index (χ0v) is 12.9. The summed E-state index contributed by atoms with van der Waals surface area (Å²) in [4.78, 5) is 8.22. The number of nitrogens with zero attached hydrogens (tertiary/aromatic N) is 3. The van der Waals surface area contributed by atoms with E-state index < -0.39 is 0 Å². The molecule has 0 aliphatic rings. The van der Waals surface area contributed by atoms with E-state index in [9.17, 15) is 0 Å². The molecule has 1 aromatic heterocycles. The number of aromatic nitrogens is 2. The summed E-state index contributed by atoms with van der Waals surface area (Å²) in [6, 6.07) is 1.95. The van der Waals surface area contributed by atoms with Crippen molar-refractivity contribution in [3.63, 3.8) is 0 Å². The highest BCUT2D eigenvalue weighted by molar-refractivity contribution is 5.30.